The zero-order chi connectivity index (χ0) is 14.5. The molecule has 0 saturated heterocycles. The fourth-order valence-electron chi connectivity index (χ4n) is 3.27. The molecule has 1 saturated carbocycles. The molecule has 1 aliphatic carbocycles. The first-order valence-corrected chi connectivity index (χ1v) is 9.17. The van der Waals surface area contributed by atoms with Crippen LogP contribution in [0.1, 0.15) is 90.9 Å². The van der Waals surface area contributed by atoms with E-state index in [0.717, 1.165) is 19.7 Å². The summed E-state index contributed by atoms with van der Waals surface area (Å²) in [4.78, 5) is 0. The molecule has 0 heterocycles. The summed E-state index contributed by atoms with van der Waals surface area (Å²) in [6, 6.07) is 0. The number of hydrogen-bond acceptors (Lipinski definition) is 2. The Morgan fingerprint density at radius 3 is 2.15 bits per heavy atom. The van der Waals surface area contributed by atoms with E-state index < -0.39 is 0 Å². The van der Waals surface area contributed by atoms with Crippen LogP contribution < -0.4 is 5.32 Å². The lowest BCUT2D eigenvalue weighted by Crippen LogP contribution is -2.43. The summed E-state index contributed by atoms with van der Waals surface area (Å²) in [5.41, 5.74) is 0.149. The lowest BCUT2D eigenvalue weighted by atomic mass is 9.94. The van der Waals surface area contributed by atoms with Crippen LogP contribution in [0, 0.1) is 0 Å². The first-order valence-electron chi connectivity index (χ1n) is 9.17. The van der Waals surface area contributed by atoms with Crippen LogP contribution in [-0.2, 0) is 4.74 Å². The van der Waals surface area contributed by atoms with Crippen LogP contribution >= 0.6 is 0 Å². The van der Waals surface area contributed by atoms with Gasteiger partial charge in [-0.05, 0) is 25.8 Å². The Morgan fingerprint density at radius 1 is 0.850 bits per heavy atom. The number of likely N-dealkylation sites (N-methyl/N-ethyl adjacent to an activating group) is 1. The third-order valence-corrected chi connectivity index (χ3v) is 4.62. The first-order chi connectivity index (χ1) is 9.83. The average Bonchev–Trinajstić information content (AvgIpc) is 2.70. The molecule has 1 aliphatic rings. The summed E-state index contributed by atoms with van der Waals surface area (Å²) in [5, 5.41) is 3.53. The van der Waals surface area contributed by atoms with Crippen molar-refractivity contribution in [3.05, 3.63) is 0 Å². The molecule has 0 aliphatic heterocycles. The molecule has 0 bridgehead atoms. The molecule has 0 atom stereocenters. The minimum Gasteiger partial charge on any atom is -0.374 e. The van der Waals surface area contributed by atoms with Gasteiger partial charge in [0.25, 0.3) is 0 Å². The van der Waals surface area contributed by atoms with Gasteiger partial charge in [0, 0.05) is 13.2 Å². The van der Waals surface area contributed by atoms with Gasteiger partial charge < -0.3 is 10.1 Å². The summed E-state index contributed by atoms with van der Waals surface area (Å²) in [5.74, 6) is 0. The van der Waals surface area contributed by atoms with Gasteiger partial charge in [-0.1, -0.05) is 71.6 Å². The summed E-state index contributed by atoms with van der Waals surface area (Å²) in [7, 11) is 0. The van der Waals surface area contributed by atoms with E-state index >= 15 is 0 Å². The van der Waals surface area contributed by atoms with Crippen LogP contribution in [0.3, 0.4) is 0 Å². The molecule has 0 radical (unpaired) electrons. The molecule has 2 heteroatoms. The van der Waals surface area contributed by atoms with Gasteiger partial charge in [0.1, 0.15) is 0 Å². The van der Waals surface area contributed by atoms with E-state index in [1.54, 1.807) is 0 Å². The molecule has 1 fully saturated rings. The molecule has 0 unspecified atom stereocenters. The lowest BCUT2D eigenvalue weighted by molar-refractivity contribution is -0.0560. The number of nitrogens with one attached hydrogen (secondary N) is 1. The highest BCUT2D eigenvalue weighted by Gasteiger charge is 2.31. The van der Waals surface area contributed by atoms with Crippen molar-refractivity contribution in [3.8, 4) is 0 Å². The summed E-state index contributed by atoms with van der Waals surface area (Å²) in [6.45, 7) is 7.55. The number of unbranched alkanes of at least 4 members (excludes halogenated alkanes) is 5. The van der Waals surface area contributed by atoms with Crippen molar-refractivity contribution in [2.45, 2.75) is 96.5 Å². The first kappa shape index (κ1) is 18.0. The van der Waals surface area contributed by atoms with Crippen molar-refractivity contribution in [3.63, 3.8) is 0 Å². The fraction of sp³-hybridized carbons (Fsp3) is 1.00. The van der Waals surface area contributed by atoms with Crippen molar-refractivity contribution < 1.29 is 4.74 Å². The van der Waals surface area contributed by atoms with Gasteiger partial charge >= 0.3 is 0 Å². The monoisotopic (exact) mass is 283 g/mol. The maximum atomic E-state index is 6.40. The van der Waals surface area contributed by atoms with Crippen molar-refractivity contribution in [2.75, 3.05) is 19.7 Å². The zero-order valence-corrected chi connectivity index (χ0v) is 14.0. The third-order valence-electron chi connectivity index (χ3n) is 4.62. The highest BCUT2D eigenvalue weighted by molar-refractivity contribution is 4.85. The molecule has 0 amide bonds. The van der Waals surface area contributed by atoms with E-state index in [-0.39, 0.29) is 5.60 Å². The van der Waals surface area contributed by atoms with E-state index in [2.05, 4.69) is 19.2 Å². The standard InChI is InChI=1S/C18H37NO/c1-3-5-6-7-10-13-16-20-18(17-19-4-2)14-11-8-9-12-15-18/h19H,3-17H2,1-2H3. The van der Waals surface area contributed by atoms with Crippen molar-refractivity contribution in [1.29, 1.82) is 0 Å². The Labute approximate surface area is 127 Å². The van der Waals surface area contributed by atoms with Crippen LogP contribution in [-0.4, -0.2) is 25.3 Å². The molecular formula is C18H37NO. The molecule has 0 aromatic carbocycles. The quantitative estimate of drug-likeness (QED) is 0.422. The highest BCUT2D eigenvalue weighted by Crippen LogP contribution is 2.30. The molecule has 20 heavy (non-hydrogen) atoms. The second-order valence-corrected chi connectivity index (χ2v) is 6.49. The number of hydrogen-bond donors (Lipinski definition) is 1. The summed E-state index contributed by atoms with van der Waals surface area (Å²) >= 11 is 0. The van der Waals surface area contributed by atoms with Crippen LogP contribution in [0.2, 0.25) is 0 Å². The Hall–Kier alpha value is -0.0800. The van der Waals surface area contributed by atoms with Crippen molar-refractivity contribution >= 4 is 0 Å². The fourth-order valence-corrected chi connectivity index (χ4v) is 3.27. The topological polar surface area (TPSA) is 21.3 Å². The molecule has 1 rings (SSSR count). The average molecular weight is 284 g/mol. The third kappa shape index (κ3) is 7.64. The number of rotatable bonds is 11. The summed E-state index contributed by atoms with van der Waals surface area (Å²) in [6.07, 6.45) is 16.1. The van der Waals surface area contributed by atoms with Crippen LogP contribution in [0.4, 0.5) is 0 Å². The van der Waals surface area contributed by atoms with Crippen molar-refractivity contribution in [2.24, 2.45) is 0 Å². The maximum Gasteiger partial charge on any atom is 0.0806 e. The zero-order valence-electron chi connectivity index (χ0n) is 14.0. The minimum absolute atomic E-state index is 0.149. The Kier molecular flexibility index (Phi) is 10.4. The molecule has 0 aromatic heterocycles. The van der Waals surface area contributed by atoms with Crippen LogP contribution in [0.15, 0.2) is 0 Å². The highest BCUT2D eigenvalue weighted by atomic mass is 16.5. The second kappa shape index (κ2) is 11.6. The molecular weight excluding hydrogens is 246 g/mol. The normalized spacial score (nSPS) is 18.9. The predicted octanol–water partition coefficient (Wildman–Crippen LogP) is 5.07. The molecule has 0 spiro atoms. The summed E-state index contributed by atoms with van der Waals surface area (Å²) < 4.78 is 6.40. The predicted molar refractivity (Wildman–Crippen MR) is 88.3 cm³/mol. The second-order valence-electron chi connectivity index (χ2n) is 6.49. The Morgan fingerprint density at radius 2 is 1.50 bits per heavy atom. The van der Waals surface area contributed by atoms with Gasteiger partial charge in [-0.2, -0.15) is 0 Å². The van der Waals surface area contributed by atoms with E-state index in [9.17, 15) is 0 Å². The van der Waals surface area contributed by atoms with Crippen LogP contribution in [0.25, 0.3) is 0 Å². The van der Waals surface area contributed by atoms with Gasteiger partial charge in [0.15, 0.2) is 0 Å². The van der Waals surface area contributed by atoms with Gasteiger partial charge in [-0.15, -0.1) is 0 Å². The lowest BCUT2D eigenvalue weighted by Gasteiger charge is -2.33. The molecule has 120 valence electrons. The maximum absolute atomic E-state index is 6.40. The molecule has 1 N–H and O–H groups in total. The van der Waals surface area contributed by atoms with E-state index in [1.807, 2.05) is 0 Å². The molecule has 2 nitrogen and oxygen atoms in total. The Bertz CT molecular complexity index is 209. The largest absolute Gasteiger partial charge is 0.374 e. The van der Waals surface area contributed by atoms with Crippen molar-refractivity contribution in [1.82, 2.24) is 5.32 Å². The molecule has 0 aromatic rings. The smallest absolute Gasteiger partial charge is 0.0806 e. The van der Waals surface area contributed by atoms with Gasteiger partial charge in [0.05, 0.1) is 5.60 Å². The van der Waals surface area contributed by atoms with Gasteiger partial charge in [-0.25, -0.2) is 0 Å². The van der Waals surface area contributed by atoms with Gasteiger partial charge in [0.2, 0.25) is 0 Å². The van der Waals surface area contributed by atoms with E-state index in [0.29, 0.717) is 0 Å². The number of ether oxygens (including phenoxy) is 1. The van der Waals surface area contributed by atoms with E-state index in [1.165, 1.54) is 77.0 Å². The van der Waals surface area contributed by atoms with Crippen LogP contribution in [0.5, 0.6) is 0 Å². The Balaban J connectivity index is 2.22. The van der Waals surface area contributed by atoms with Gasteiger partial charge in [-0.3, -0.25) is 0 Å². The minimum atomic E-state index is 0.149. The SMILES string of the molecule is CCCCCCCCOC1(CNCC)CCCCCC1. The van der Waals surface area contributed by atoms with E-state index in [4.69, 9.17) is 4.74 Å².